The van der Waals surface area contributed by atoms with E-state index >= 15 is 0 Å². The number of imide groups is 1. The van der Waals surface area contributed by atoms with Gasteiger partial charge in [0.25, 0.3) is 5.91 Å². The number of amides is 2. The van der Waals surface area contributed by atoms with Gasteiger partial charge < -0.3 is 0 Å². The van der Waals surface area contributed by atoms with Gasteiger partial charge in [0, 0.05) is 5.39 Å². The number of rotatable bonds is 4. The van der Waals surface area contributed by atoms with E-state index in [2.05, 4.69) is 13.8 Å². The highest BCUT2D eigenvalue weighted by Crippen LogP contribution is 2.43. The Morgan fingerprint density at radius 3 is 2.33 bits per heavy atom. The summed E-state index contributed by atoms with van der Waals surface area (Å²) in [6.45, 7) is 4.25. The second-order valence-electron chi connectivity index (χ2n) is 8.42. The molecule has 2 heterocycles. The SMILES string of the molecule is CC(C)C[C@@H]1[C@H]2C(=O)N(c3cccc4ccccc34)C(=O)[C@H]2ON1c1ccccc1. The Morgan fingerprint density at radius 2 is 1.57 bits per heavy atom. The molecule has 0 radical (unpaired) electrons. The Hall–Kier alpha value is -3.18. The van der Waals surface area contributed by atoms with E-state index in [1.54, 1.807) is 5.06 Å². The second-order valence-corrected chi connectivity index (χ2v) is 8.42. The predicted octanol–water partition coefficient (Wildman–Crippen LogP) is 4.56. The average Bonchev–Trinajstić information content (AvgIpc) is 3.24. The van der Waals surface area contributed by atoms with Crippen LogP contribution in [0.5, 0.6) is 0 Å². The Balaban J connectivity index is 1.55. The summed E-state index contributed by atoms with van der Waals surface area (Å²) in [5, 5.41) is 3.67. The van der Waals surface area contributed by atoms with Gasteiger partial charge in [-0.3, -0.25) is 14.4 Å². The maximum atomic E-state index is 13.6. The number of fused-ring (bicyclic) bond motifs is 2. The van der Waals surface area contributed by atoms with Crippen LogP contribution in [-0.4, -0.2) is 24.0 Å². The van der Waals surface area contributed by atoms with Crippen molar-refractivity contribution in [3.63, 3.8) is 0 Å². The van der Waals surface area contributed by atoms with E-state index in [-0.39, 0.29) is 17.9 Å². The van der Waals surface area contributed by atoms with Crippen molar-refractivity contribution in [1.82, 2.24) is 0 Å². The highest BCUT2D eigenvalue weighted by Gasteiger charge is 2.59. The van der Waals surface area contributed by atoms with Crippen molar-refractivity contribution in [3.05, 3.63) is 72.8 Å². The van der Waals surface area contributed by atoms with Crippen LogP contribution in [0.3, 0.4) is 0 Å². The summed E-state index contributed by atoms with van der Waals surface area (Å²) in [4.78, 5) is 34.5. The van der Waals surface area contributed by atoms with Gasteiger partial charge in [-0.25, -0.2) is 9.96 Å². The third-order valence-electron chi connectivity index (χ3n) is 5.97. The number of para-hydroxylation sites is 1. The number of benzene rings is 3. The third kappa shape index (κ3) is 2.89. The standard InChI is InChI=1S/C25H24N2O3/c1-16(2)15-21-22-23(30-27(21)18-11-4-3-5-12-18)25(29)26(24(22)28)20-14-8-10-17-9-6-7-13-19(17)20/h3-14,16,21-23H,15H2,1-2H3/t21-,22-,23+/m1/s1. The molecule has 2 aliphatic heterocycles. The molecular formula is C25H24N2O3. The van der Waals surface area contributed by atoms with Crippen molar-refractivity contribution in [2.75, 3.05) is 9.96 Å². The lowest BCUT2D eigenvalue weighted by Gasteiger charge is -2.29. The fraction of sp³-hybridized carbons (Fsp3) is 0.280. The van der Waals surface area contributed by atoms with E-state index in [1.165, 1.54) is 4.90 Å². The summed E-state index contributed by atoms with van der Waals surface area (Å²) >= 11 is 0. The van der Waals surface area contributed by atoms with Crippen molar-refractivity contribution >= 4 is 34.0 Å². The molecule has 2 amide bonds. The van der Waals surface area contributed by atoms with Gasteiger partial charge in [0.05, 0.1) is 23.3 Å². The van der Waals surface area contributed by atoms with Crippen molar-refractivity contribution in [1.29, 1.82) is 0 Å². The van der Waals surface area contributed by atoms with Gasteiger partial charge in [0.2, 0.25) is 5.91 Å². The summed E-state index contributed by atoms with van der Waals surface area (Å²) in [5.74, 6) is -0.615. The Bertz CT molecular complexity index is 1110. The second kappa shape index (κ2) is 7.26. The molecule has 5 heteroatoms. The highest BCUT2D eigenvalue weighted by atomic mass is 16.7. The molecule has 0 aliphatic carbocycles. The fourth-order valence-electron chi connectivity index (χ4n) is 4.68. The van der Waals surface area contributed by atoms with Gasteiger partial charge in [-0.1, -0.05) is 68.4 Å². The molecule has 0 saturated carbocycles. The molecule has 3 aromatic carbocycles. The molecule has 3 atom stereocenters. The maximum Gasteiger partial charge on any atom is 0.266 e. The smallest absolute Gasteiger partial charge is 0.266 e. The molecule has 2 saturated heterocycles. The Labute approximate surface area is 175 Å². The molecule has 0 spiro atoms. The molecule has 5 rings (SSSR count). The zero-order valence-corrected chi connectivity index (χ0v) is 17.1. The zero-order valence-electron chi connectivity index (χ0n) is 17.1. The van der Waals surface area contributed by atoms with Crippen LogP contribution in [0, 0.1) is 11.8 Å². The first-order valence-corrected chi connectivity index (χ1v) is 10.4. The molecule has 0 bridgehead atoms. The number of carbonyl (C=O) groups is 2. The molecule has 2 fully saturated rings. The van der Waals surface area contributed by atoms with Crippen LogP contribution in [-0.2, 0) is 14.4 Å². The van der Waals surface area contributed by atoms with Gasteiger partial charge in [0.15, 0.2) is 6.10 Å². The minimum absolute atomic E-state index is 0.176. The van der Waals surface area contributed by atoms with Gasteiger partial charge in [0.1, 0.15) is 0 Å². The molecule has 3 aromatic rings. The number of anilines is 2. The van der Waals surface area contributed by atoms with Crippen LogP contribution in [0.25, 0.3) is 10.8 Å². The van der Waals surface area contributed by atoms with E-state index in [0.29, 0.717) is 11.6 Å². The maximum absolute atomic E-state index is 13.6. The van der Waals surface area contributed by atoms with Crippen LogP contribution >= 0.6 is 0 Å². The summed E-state index contributed by atoms with van der Waals surface area (Å²) in [7, 11) is 0. The number of hydrogen-bond donors (Lipinski definition) is 0. The number of carbonyl (C=O) groups excluding carboxylic acids is 2. The lowest BCUT2D eigenvalue weighted by molar-refractivity contribution is -0.126. The van der Waals surface area contributed by atoms with E-state index < -0.39 is 12.0 Å². The van der Waals surface area contributed by atoms with E-state index in [1.807, 2.05) is 72.8 Å². The van der Waals surface area contributed by atoms with Gasteiger partial charge in [-0.15, -0.1) is 0 Å². The number of hydrogen-bond acceptors (Lipinski definition) is 4. The third-order valence-corrected chi connectivity index (χ3v) is 5.97. The molecular weight excluding hydrogens is 376 g/mol. The van der Waals surface area contributed by atoms with Crippen molar-refractivity contribution in [2.45, 2.75) is 32.4 Å². The molecule has 152 valence electrons. The van der Waals surface area contributed by atoms with Gasteiger partial charge in [-0.2, -0.15) is 0 Å². The zero-order chi connectivity index (χ0) is 20.8. The summed E-state index contributed by atoms with van der Waals surface area (Å²) < 4.78 is 0. The van der Waals surface area contributed by atoms with Gasteiger partial charge >= 0.3 is 0 Å². The normalized spacial score (nSPS) is 23.6. The van der Waals surface area contributed by atoms with Crippen molar-refractivity contribution < 1.29 is 14.4 Å². The van der Waals surface area contributed by atoms with E-state index in [4.69, 9.17) is 4.84 Å². The van der Waals surface area contributed by atoms with Crippen molar-refractivity contribution in [2.24, 2.45) is 11.8 Å². The first kappa shape index (κ1) is 18.8. The average molecular weight is 400 g/mol. The lowest BCUT2D eigenvalue weighted by atomic mass is 9.90. The molecule has 0 unspecified atom stereocenters. The molecule has 30 heavy (non-hydrogen) atoms. The van der Waals surface area contributed by atoms with Crippen LogP contribution in [0.2, 0.25) is 0 Å². The molecule has 0 N–H and O–H groups in total. The number of nitrogens with zero attached hydrogens (tertiary/aromatic N) is 2. The van der Waals surface area contributed by atoms with E-state index in [0.717, 1.165) is 22.9 Å². The first-order chi connectivity index (χ1) is 14.6. The molecule has 5 nitrogen and oxygen atoms in total. The van der Waals surface area contributed by atoms with Crippen LogP contribution < -0.4 is 9.96 Å². The quantitative estimate of drug-likeness (QED) is 0.602. The summed E-state index contributed by atoms with van der Waals surface area (Å²) in [5.41, 5.74) is 1.51. The minimum Gasteiger partial charge on any atom is -0.273 e. The fourth-order valence-corrected chi connectivity index (χ4v) is 4.68. The van der Waals surface area contributed by atoms with Crippen LogP contribution in [0.15, 0.2) is 72.8 Å². The number of hydroxylamine groups is 1. The Morgan fingerprint density at radius 1 is 0.867 bits per heavy atom. The lowest BCUT2D eigenvalue weighted by Crippen LogP contribution is -2.41. The van der Waals surface area contributed by atoms with E-state index in [9.17, 15) is 9.59 Å². The first-order valence-electron chi connectivity index (χ1n) is 10.4. The predicted molar refractivity (Wildman–Crippen MR) is 117 cm³/mol. The topological polar surface area (TPSA) is 49.9 Å². The van der Waals surface area contributed by atoms with Crippen LogP contribution in [0.4, 0.5) is 11.4 Å². The summed E-state index contributed by atoms with van der Waals surface area (Å²) in [6, 6.07) is 23.0. The van der Waals surface area contributed by atoms with Crippen molar-refractivity contribution in [3.8, 4) is 0 Å². The largest absolute Gasteiger partial charge is 0.273 e. The highest BCUT2D eigenvalue weighted by molar-refractivity contribution is 6.26. The summed E-state index contributed by atoms with van der Waals surface area (Å²) in [6.07, 6.45) is -0.0289. The molecule has 2 aliphatic rings. The Kier molecular flexibility index (Phi) is 4.55. The molecule has 0 aromatic heterocycles. The minimum atomic E-state index is -0.791. The monoisotopic (exact) mass is 400 g/mol. The van der Waals surface area contributed by atoms with Crippen LogP contribution in [0.1, 0.15) is 20.3 Å². The van der Waals surface area contributed by atoms with Gasteiger partial charge in [-0.05, 0) is 35.9 Å².